The molecule has 3 nitrogen and oxygen atoms in total. The fraction of sp³-hybridized carbons (Fsp3) is 1.00. The van der Waals surface area contributed by atoms with Crippen LogP contribution in [0.15, 0.2) is 0 Å². The molecular formula is C8H17AsO3S. The Morgan fingerprint density at radius 1 is 1.23 bits per heavy atom. The van der Waals surface area contributed by atoms with Crippen LogP contribution < -0.4 is 0 Å². The van der Waals surface area contributed by atoms with Crippen LogP contribution in [0.3, 0.4) is 0 Å². The monoisotopic (exact) mass is 268 g/mol. The molecule has 1 rings (SSSR count). The van der Waals surface area contributed by atoms with Crippen molar-refractivity contribution >= 4 is 25.9 Å². The van der Waals surface area contributed by atoms with E-state index in [4.69, 9.17) is 4.55 Å². The summed E-state index contributed by atoms with van der Waals surface area (Å²) in [6.45, 7) is 0. The van der Waals surface area contributed by atoms with Crippen molar-refractivity contribution in [1.82, 2.24) is 0 Å². The van der Waals surface area contributed by atoms with Gasteiger partial charge in [0.1, 0.15) is 0 Å². The fourth-order valence-electron chi connectivity index (χ4n) is 1.70. The van der Waals surface area contributed by atoms with E-state index >= 15 is 0 Å². The maximum absolute atomic E-state index is 10.4. The van der Waals surface area contributed by atoms with Crippen molar-refractivity contribution in [3.8, 4) is 0 Å². The zero-order valence-electron chi connectivity index (χ0n) is 7.70. The third-order valence-corrected chi connectivity index (χ3v) is 7.43. The van der Waals surface area contributed by atoms with Gasteiger partial charge in [-0.25, -0.2) is 0 Å². The van der Waals surface area contributed by atoms with Crippen LogP contribution in [0, 0.1) is 0 Å². The standard InChI is InChI=1S/C8H17AsO3S/c10-13(11,12)7-6-9-8-4-2-1-3-5-8/h8-9H,1-7H2,(H,10,11,12). The summed E-state index contributed by atoms with van der Waals surface area (Å²) >= 11 is -0.132. The Balaban J connectivity index is 2.11. The Bertz CT molecular complexity index is 232. The normalized spacial score (nSPS) is 21.3. The Morgan fingerprint density at radius 3 is 2.38 bits per heavy atom. The van der Waals surface area contributed by atoms with Gasteiger partial charge in [-0.2, -0.15) is 0 Å². The van der Waals surface area contributed by atoms with Crippen molar-refractivity contribution in [2.45, 2.75) is 42.0 Å². The van der Waals surface area contributed by atoms with Crippen molar-refractivity contribution in [1.29, 1.82) is 0 Å². The first-order valence-corrected chi connectivity index (χ1v) is 9.07. The third-order valence-electron chi connectivity index (χ3n) is 2.40. The number of hydrogen-bond donors (Lipinski definition) is 1. The van der Waals surface area contributed by atoms with Crippen LogP contribution in [0.25, 0.3) is 0 Å². The molecule has 1 atom stereocenters. The molecule has 1 unspecified atom stereocenters. The van der Waals surface area contributed by atoms with Crippen LogP contribution in [0.1, 0.15) is 32.1 Å². The molecule has 0 bridgehead atoms. The van der Waals surface area contributed by atoms with E-state index < -0.39 is 10.1 Å². The van der Waals surface area contributed by atoms with E-state index in [-0.39, 0.29) is 21.5 Å². The van der Waals surface area contributed by atoms with Gasteiger partial charge in [0.15, 0.2) is 0 Å². The first kappa shape index (κ1) is 11.5. The van der Waals surface area contributed by atoms with Crippen molar-refractivity contribution in [3.05, 3.63) is 0 Å². The van der Waals surface area contributed by atoms with E-state index in [2.05, 4.69) is 0 Å². The summed E-state index contributed by atoms with van der Waals surface area (Å²) in [5, 5.41) is 0.740. The molecule has 1 aliphatic rings. The van der Waals surface area contributed by atoms with Crippen molar-refractivity contribution in [3.63, 3.8) is 0 Å². The predicted octanol–water partition coefficient (Wildman–Crippen LogP) is 1.48. The Kier molecular flexibility index (Phi) is 4.77. The molecule has 0 aromatic heterocycles. The molecule has 0 saturated heterocycles. The second-order valence-corrected chi connectivity index (χ2v) is 8.77. The van der Waals surface area contributed by atoms with Crippen molar-refractivity contribution in [2.24, 2.45) is 0 Å². The maximum atomic E-state index is 10.4. The van der Waals surface area contributed by atoms with Crippen molar-refractivity contribution < 1.29 is 13.0 Å². The molecule has 13 heavy (non-hydrogen) atoms. The molecule has 0 aromatic carbocycles. The van der Waals surface area contributed by atoms with E-state index in [1.54, 1.807) is 0 Å². The van der Waals surface area contributed by atoms with E-state index in [0.717, 1.165) is 9.91 Å². The van der Waals surface area contributed by atoms with Gasteiger partial charge in [0.05, 0.1) is 0 Å². The number of rotatable bonds is 4. The average Bonchev–Trinajstić information content (AvgIpc) is 2.04. The quantitative estimate of drug-likeness (QED) is 0.620. The summed E-state index contributed by atoms with van der Waals surface area (Å²) in [4.78, 5) is 0. The summed E-state index contributed by atoms with van der Waals surface area (Å²) in [6.07, 6.45) is 6.58. The molecule has 0 radical (unpaired) electrons. The summed E-state index contributed by atoms with van der Waals surface area (Å²) in [6, 6.07) is 0. The average molecular weight is 268 g/mol. The van der Waals surface area contributed by atoms with Gasteiger partial charge in [-0.3, -0.25) is 0 Å². The molecule has 0 aliphatic heterocycles. The van der Waals surface area contributed by atoms with Crippen molar-refractivity contribution in [2.75, 3.05) is 5.75 Å². The molecule has 1 fully saturated rings. The Labute approximate surface area is 86.7 Å². The van der Waals surface area contributed by atoms with Gasteiger partial charge in [-0.15, -0.1) is 0 Å². The minimum atomic E-state index is -3.69. The van der Waals surface area contributed by atoms with E-state index in [0.29, 0.717) is 0 Å². The molecule has 0 amide bonds. The van der Waals surface area contributed by atoms with Crippen LogP contribution >= 0.6 is 0 Å². The third kappa shape index (κ3) is 5.71. The molecule has 1 saturated carbocycles. The minimum absolute atomic E-state index is 0.0104. The SMILES string of the molecule is O=S(=O)(O)CC[AsH]C1CCCCC1. The van der Waals surface area contributed by atoms with Crippen LogP contribution in [0.4, 0.5) is 0 Å². The van der Waals surface area contributed by atoms with Crippen LogP contribution in [-0.2, 0) is 10.1 Å². The molecule has 0 spiro atoms. The second-order valence-electron chi connectivity index (χ2n) is 3.58. The molecule has 78 valence electrons. The van der Waals surface area contributed by atoms with E-state index in [9.17, 15) is 8.42 Å². The topological polar surface area (TPSA) is 54.4 Å². The zero-order chi connectivity index (χ0) is 9.73. The molecule has 5 heteroatoms. The van der Waals surface area contributed by atoms with Gasteiger partial charge in [0.2, 0.25) is 0 Å². The first-order valence-electron chi connectivity index (χ1n) is 4.76. The summed E-state index contributed by atoms with van der Waals surface area (Å²) in [7, 11) is -3.69. The van der Waals surface area contributed by atoms with Gasteiger partial charge < -0.3 is 0 Å². The predicted molar refractivity (Wildman–Crippen MR) is 55.2 cm³/mol. The Morgan fingerprint density at radius 2 is 1.85 bits per heavy atom. The van der Waals surface area contributed by atoms with Gasteiger partial charge >= 0.3 is 86.6 Å². The first-order chi connectivity index (χ1) is 6.08. The Hall–Kier alpha value is 0.468. The molecular weight excluding hydrogens is 251 g/mol. The zero-order valence-corrected chi connectivity index (χ0v) is 10.6. The second kappa shape index (κ2) is 5.37. The summed E-state index contributed by atoms with van der Waals surface area (Å²) in [5.74, 6) is -0.0104. The van der Waals surface area contributed by atoms with Crippen LogP contribution in [0.5, 0.6) is 0 Å². The summed E-state index contributed by atoms with van der Waals surface area (Å²) in [5.41, 5.74) is 0. The molecule has 0 aromatic rings. The van der Waals surface area contributed by atoms with Gasteiger partial charge in [-0.1, -0.05) is 0 Å². The van der Waals surface area contributed by atoms with Gasteiger partial charge in [0.25, 0.3) is 0 Å². The van der Waals surface area contributed by atoms with Crippen LogP contribution in [0.2, 0.25) is 9.91 Å². The van der Waals surface area contributed by atoms with E-state index in [1.807, 2.05) is 0 Å². The van der Waals surface area contributed by atoms with Crippen LogP contribution in [-0.4, -0.2) is 34.5 Å². The summed E-state index contributed by atoms with van der Waals surface area (Å²) < 4.78 is 30.3. The van der Waals surface area contributed by atoms with Gasteiger partial charge in [0, 0.05) is 0 Å². The molecule has 1 aliphatic carbocycles. The van der Waals surface area contributed by atoms with E-state index in [1.165, 1.54) is 32.1 Å². The molecule has 0 heterocycles. The van der Waals surface area contributed by atoms with Gasteiger partial charge in [-0.05, 0) is 0 Å². The number of hydrogen-bond acceptors (Lipinski definition) is 2. The fourth-order valence-corrected chi connectivity index (χ4v) is 7.01. The molecule has 1 N–H and O–H groups in total.